The summed E-state index contributed by atoms with van der Waals surface area (Å²) in [5.41, 5.74) is 0.548. The maximum absolute atomic E-state index is 12.6. The lowest BCUT2D eigenvalue weighted by Gasteiger charge is -2.23. The smallest absolute Gasteiger partial charge is 0.323 e. The molecule has 9 heteroatoms. The molecule has 1 aromatic carbocycles. The number of nitrogens with one attached hydrogen (secondary N) is 1. The summed E-state index contributed by atoms with van der Waals surface area (Å²) in [5.74, 6) is -0.801. The van der Waals surface area contributed by atoms with E-state index in [2.05, 4.69) is 9.68 Å². The summed E-state index contributed by atoms with van der Waals surface area (Å²) in [7, 11) is 0.295. The van der Waals surface area contributed by atoms with E-state index in [1.54, 1.807) is 31.2 Å². The summed E-state index contributed by atoms with van der Waals surface area (Å²) in [6.07, 6.45) is 0. The number of amides is 3. The van der Waals surface area contributed by atoms with Gasteiger partial charge in [0.25, 0.3) is 0 Å². The molecule has 23 heavy (non-hydrogen) atoms. The number of nitrogens with zero attached hydrogens (tertiary/aromatic N) is 2. The average molecular weight is 341 g/mol. The predicted molar refractivity (Wildman–Crippen MR) is 83.8 cm³/mol. The highest BCUT2D eigenvalue weighted by molar-refractivity contribution is 7.61. The number of likely N-dealkylation sites (N-methyl/N-ethyl adjacent to an activating group) is 1. The Bertz CT molecular complexity index is 677. The van der Waals surface area contributed by atoms with Gasteiger partial charge in [0.15, 0.2) is 0 Å². The standard InChI is InChI=1S/C14H19N3O5S/c1-4-17(14(19)15-2)13(18)12(9-16-23(20)21)10-5-7-11(22-3)8-6-10/h5-8,12H,4,9H2,1-3H3,(H,15,19). The summed E-state index contributed by atoms with van der Waals surface area (Å²) in [4.78, 5) is 25.4. The van der Waals surface area contributed by atoms with Crippen LogP contribution in [0.2, 0.25) is 0 Å². The molecule has 3 amide bonds. The minimum Gasteiger partial charge on any atom is -0.497 e. The van der Waals surface area contributed by atoms with Crippen molar-refractivity contribution >= 4 is 22.4 Å². The van der Waals surface area contributed by atoms with Crippen molar-refractivity contribution in [3.05, 3.63) is 29.8 Å². The fraction of sp³-hybridized carbons (Fsp3) is 0.429. The van der Waals surface area contributed by atoms with E-state index in [1.807, 2.05) is 0 Å². The van der Waals surface area contributed by atoms with E-state index in [-0.39, 0.29) is 13.1 Å². The topological polar surface area (TPSA) is 105 Å². The Morgan fingerprint density at radius 3 is 2.35 bits per heavy atom. The zero-order valence-electron chi connectivity index (χ0n) is 13.1. The second-order valence-electron chi connectivity index (χ2n) is 4.49. The minimum atomic E-state index is -2.63. The van der Waals surface area contributed by atoms with Crippen LogP contribution in [0.1, 0.15) is 18.4 Å². The third-order valence-corrected chi connectivity index (χ3v) is 3.58. The Balaban J connectivity index is 3.19. The number of imide groups is 1. The van der Waals surface area contributed by atoms with Crippen LogP contribution < -0.4 is 10.1 Å². The molecule has 126 valence electrons. The van der Waals surface area contributed by atoms with Crippen LogP contribution in [0, 0.1) is 0 Å². The molecular formula is C14H19N3O5S. The van der Waals surface area contributed by atoms with E-state index >= 15 is 0 Å². The molecule has 1 atom stereocenters. The van der Waals surface area contributed by atoms with Gasteiger partial charge < -0.3 is 10.1 Å². The number of benzene rings is 1. The Kier molecular flexibility index (Phi) is 7.20. The lowest BCUT2D eigenvalue weighted by Crippen LogP contribution is -2.45. The average Bonchev–Trinajstić information content (AvgIpc) is 2.55. The van der Waals surface area contributed by atoms with Crippen LogP contribution in [0.25, 0.3) is 0 Å². The zero-order chi connectivity index (χ0) is 17.4. The molecule has 0 heterocycles. The molecule has 0 spiro atoms. The van der Waals surface area contributed by atoms with E-state index in [1.165, 1.54) is 14.2 Å². The molecule has 0 saturated heterocycles. The van der Waals surface area contributed by atoms with Crippen molar-refractivity contribution < 1.29 is 22.7 Å². The largest absolute Gasteiger partial charge is 0.497 e. The molecule has 0 aliphatic carbocycles. The van der Waals surface area contributed by atoms with Gasteiger partial charge in [0, 0.05) is 13.6 Å². The van der Waals surface area contributed by atoms with Crippen LogP contribution in [-0.4, -0.2) is 52.5 Å². The number of methoxy groups -OCH3 is 1. The number of hydrogen-bond acceptors (Lipinski definition) is 6. The SMILES string of the molecule is CCN(C(=O)NC)C(=O)C(CN=S(=O)=O)c1ccc(OC)cc1. The normalized spacial score (nSPS) is 11.3. The van der Waals surface area contributed by atoms with E-state index < -0.39 is 28.4 Å². The molecular weight excluding hydrogens is 322 g/mol. The van der Waals surface area contributed by atoms with E-state index in [0.29, 0.717) is 11.3 Å². The van der Waals surface area contributed by atoms with Crippen LogP contribution >= 0.6 is 0 Å². The molecule has 0 saturated carbocycles. The van der Waals surface area contributed by atoms with Gasteiger partial charge in [0.2, 0.25) is 5.91 Å². The molecule has 0 aliphatic heterocycles. The zero-order valence-corrected chi connectivity index (χ0v) is 14.0. The Hall–Kier alpha value is -2.42. The molecule has 1 aromatic rings. The summed E-state index contributed by atoms with van der Waals surface area (Å²) in [6.45, 7) is 1.54. The number of hydrogen-bond donors (Lipinski definition) is 1. The van der Waals surface area contributed by atoms with Crippen LogP contribution in [0.5, 0.6) is 5.75 Å². The molecule has 1 unspecified atom stereocenters. The Morgan fingerprint density at radius 2 is 1.91 bits per heavy atom. The van der Waals surface area contributed by atoms with Crippen LogP contribution in [0.4, 0.5) is 4.79 Å². The van der Waals surface area contributed by atoms with Crippen molar-refractivity contribution in [1.82, 2.24) is 10.2 Å². The molecule has 0 aliphatic rings. The van der Waals surface area contributed by atoms with E-state index in [0.717, 1.165) is 4.90 Å². The molecule has 1 rings (SSSR count). The van der Waals surface area contributed by atoms with Gasteiger partial charge in [-0.1, -0.05) is 12.1 Å². The summed E-state index contributed by atoms with van der Waals surface area (Å²) in [6, 6.07) is 6.03. The summed E-state index contributed by atoms with van der Waals surface area (Å²) >= 11 is 0. The van der Waals surface area contributed by atoms with Gasteiger partial charge in [-0.15, -0.1) is 0 Å². The number of ether oxygens (including phenoxy) is 1. The number of urea groups is 1. The van der Waals surface area contributed by atoms with Gasteiger partial charge in [-0.05, 0) is 24.6 Å². The van der Waals surface area contributed by atoms with Crippen LogP contribution in [0.3, 0.4) is 0 Å². The van der Waals surface area contributed by atoms with Crippen molar-refractivity contribution in [2.24, 2.45) is 4.36 Å². The third-order valence-electron chi connectivity index (χ3n) is 3.22. The first kappa shape index (κ1) is 18.6. The number of carbonyl (C=O) groups is 2. The number of carbonyl (C=O) groups excluding carboxylic acids is 2. The van der Waals surface area contributed by atoms with Crippen LogP contribution in [-0.2, 0) is 15.3 Å². The maximum atomic E-state index is 12.6. The van der Waals surface area contributed by atoms with Crippen LogP contribution in [0.15, 0.2) is 28.6 Å². The molecule has 0 radical (unpaired) electrons. The Labute approximate surface area is 136 Å². The molecule has 0 aromatic heterocycles. The highest BCUT2D eigenvalue weighted by atomic mass is 32.2. The lowest BCUT2D eigenvalue weighted by atomic mass is 9.97. The molecule has 1 N–H and O–H groups in total. The first-order chi connectivity index (χ1) is 10.9. The highest BCUT2D eigenvalue weighted by Crippen LogP contribution is 2.22. The second kappa shape index (κ2) is 8.89. The molecule has 0 fully saturated rings. The van der Waals surface area contributed by atoms with Crippen molar-refractivity contribution in [3.8, 4) is 5.75 Å². The van der Waals surface area contributed by atoms with Crippen molar-refractivity contribution in [1.29, 1.82) is 0 Å². The van der Waals surface area contributed by atoms with Crippen molar-refractivity contribution in [3.63, 3.8) is 0 Å². The predicted octanol–water partition coefficient (Wildman–Crippen LogP) is 1.03. The van der Waals surface area contributed by atoms with Crippen molar-refractivity contribution in [2.45, 2.75) is 12.8 Å². The summed E-state index contributed by atoms with van der Waals surface area (Å²) < 4.78 is 29.8. The van der Waals surface area contributed by atoms with E-state index in [9.17, 15) is 18.0 Å². The van der Waals surface area contributed by atoms with Crippen molar-refractivity contribution in [2.75, 3.05) is 27.2 Å². The fourth-order valence-electron chi connectivity index (χ4n) is 2.02. The highest BCUT2D eigenvalue weighted by Gasteiger charge is 2.28. The van der Waals surface area contributed by atoms with E-state index in [4.69, 9.17) is 4.74 Å². The molecule has 8 nitrogen and oxygen atoms in total. The second-order valence-corrected chi connectivity index (χ2v) is 5.18. The van der Waals surface area contributed by atoms with Gasteiger partial charge in [-0.2, -0.15) is 12.8 Å². The Morgan fingerprint density at radius 1 is 1.30 bits per heavy atom. The molecule has 0 bridgehead atoms. The fourth-order valence-corrected chi connectivity index (χ4v) is 2.29. The first-order valence-electron chi connectivity index (χ1n) is 6.88. The first-order valence-corrected chi connectivity index (χ1v) is 7.91. The van der Waals surface area contributed by atoms with Gasteiger partial charge in [-0.3, -0.25) is 9.69 Å². The number of rotatable bonds is 6. The van der Waals surface area contributed by atoms with Gasteiger partial charge in [-0.25, -0.2) is 4.79 Å². The minimum absolute atomic E-state index is 0.158. The van der Waals surface area contributed by atoms with Gasteiger partial charge in [0.05, 0.1) is 19.6 Å². The quantitative estimate of drug-likeness (QED) is 0.832. The third kappa shape index (κ3) is 5.06. The maximum Gasteiger partial charge on any atom is 0.323 e. The van der Waals surface area contributed by atoms with Gasteiger partial charge in [0.1, 0.15) is 5.75 Å². The monoisotopic (exact) mass is 341 g/mol. The lowest BCUT2D eigenvalue weighted by molar-refractivity contribution is -0.129. The van der Waals surface area contributed by atoms with Gasteiger partial charge >= 0.3 is 16.5 Å². The summed E-state index contributed by atoms with van der Waals surface area (Å²) in [5, 5.41) is 2.38.